The number of carbonyl (C=O) groups is 2. The molecule has 1 aliphatic rings. The summed E-state index contributed by atoms with van der Waals surface area (Å²) < 4.78 is 5.50. The normalized spacial score (nSPS) is 13.7. The maximum atomic E-state index is 14.0. The summed E-state index contributed by atoms with van der Waals surface area (Å²) in [6.07, 6.45) is 0. The standard InChI is InChI=1S/C32H29N2O3P.ClH/c35-31(26-13-5-1-6-14-26)33-30(32(36)34-21-23-37-24-22-34)25-38(27-15-7-2-8-16-27,28-17-9-3-10-18-28)29-19-11-4-12-20-29;/h1-20,25H,21-24H2;1H. The zero-order valence-corrected chi connectivity index (χ0v) is 23.1. The van der Waals surface area contributed by atoms with Crippen molar-refractivity contribution in [1.29, 1.82) is 0 Å². The minimum absolute atomic E-state index is 0. The number of hydrogen-bond donors (Lipinski definition) is 1. The van der Waals surface area contributed by atoms with E-state index in [2.05, 4.69) is 41.7 Å². The molecule has 39 heavy (non-hydrogen) atoms. The summed E-state index contributed by atoms with van der Waals surface area (Å²) in [6.45, 7) is 1.90. The quantitative estimate of drug-likeness (QED) is 0.274. The number of hydrogen-bond acceptors (Lipinski definition) is 3. The van der Waals surface area contributed by atoms with E-state index in [9.17, 15) is 9.59 Å². The van der Waals surface area contributed by atoms with E-state index in [0.29, 0.717) is 31.9 Å². The summed E-state index contributed by atoms with van der Waals surface area (Å²) in [4.78, 5) is 29.2. The Kier molecular flexibility index (Phi) is 9.67. The van der Waals surface area contributed by atoms with Gasteiger partial charge >= 0.3 is 0 Å². The van der Waals surface area contributed by atoms with Crippen molar-refractivity contribution in [3.8, 4) is 0 Å². The second-order valence-electron chi connectivity index (χ2n) is 9.00. The van der Waals surface area contributed by atoms with E-state index in [1.165, 1.54) is 0 Å². The molecule has 0 unspecified atom stereocenters. The topological polar surface area (TPSA) is 58.6 Å². The molecule has 2 amide bonds. The van der Waals surface area contributed by atoms with Crippen LogP contribution in [0.1, 0.15) is 10.4 Å². The first-order valence-electron chi connectivity index (χ1n) is 12.7. The molecule has 1 saturated heterocycles. The maximum Gasteiger partial charge on any atom is 0.274 e. The van der Waals surface area contributed by atoms with Gasteiger partial charge in [0.25, 0.3) is 11.8 Å². The highest BCUT2D eigenvalue weighted by molar-refractivity contribution is 7.98. The average Bonchev–Trinajstić information content (AvgIpc) is 3.01. The van der Waals surface area contributed by atoms with Crippen molar-refractivity contribution in [2.75, 3.05) is 26.3 Å². The van der Waals surface area contributed by atoms with Gasteiger partial charge in [-0.15, -0.1) is 0 Å². The number of nitrogens with zero attached hydrogens (tertiary/aromatic N) is 1. The third-order valence-corrected chi connectivity index (χ3v) is 10.6. The first-order chi connectivity index (χ1) is 18.7. The fourth-order valence-corrected chi connectivity index (χ4v) is 8.55. The molecule has 1 aliphatic heterocycles. The SMILES string of the molecule is O=C(NC(=C[P+](c1ccccc1)(c1ccccc1)c1ccccc1)C(=O)N1CCOCC1)c1ccccc1.[Cl-]. The van der Waals surface area contributed by atoms with Crippen LogP contribution in [0.5, 0.6) is 0 Å². The Balaban J connectivity index is 0.00000353. The lowest BCUT2D eigenvalue weighted by Gasteiger charge is -2.29. The van der Waals surface area contributed by atoms with Gasteiger partial charge in [-0.25, -0.2) is 0 Å². The minimum atomic E-state index is -2.52. The van der Waals surface area contributed by atoms with Gasteiger partial charge in [-0.1, -0.05) is 72.8 Å². The molecule has 0 radical (unpaired) electrons. The summed E-state index contributed by atoms with van der Waals surface area (Å²) in [5, 5.41) is 6.30. The van der Waals surface area contributed by atoms with Gasteiger partial charge in [-0.3, -0.25) is 9.59 Å². The smallest absolute Gasteiger partial charge is 0.274 e. The molecule has 0 saturated carbocycles. The van der Waals surface area contributed by atoms with Crippen LogP contribution in [0.4, 0.5) is 0 Å². The van der Waals surface area contributed by atoms with Gasteiger partial charge in [0.05, 0.1) is 13.2 Å². The van der Waals surface area contributed by atoms with Crippen LogP contribution in [-0.4, -0.2) is 43.0 Å². The average molecular weight is 557 g/mol. The number of morpholine rings is 1. The van der Waals surface area contributed by atoms with Crippen LogP contribution in [0.15, 0.2) is 133 Å². The zero-order valence-electron chi connectivity index (χ0n) is 21.4. The zero-order chi connectivity index (χ0) is 26.2. The van der Waals surface area contributed by atoms with Gasteiger partial charge in [0.15, 0.2) is 0 Å². The van der Waals surface area contributed by atoms with E-state index in [0.717, 1.165) is 15.9 Å². The Morgan fingerprint density at radius 1 is 0.667 bits per heavy atom. The van der Waals surface area contributed by atoms with Crippen molar-refractivity contribution in [2.45, 2.75) is 0 Å². The highest BCUT2D eigenvalue weighted by Gasteiger charge is 2.45. The molecule has 5 rings (SSSR count). The van der Waals surface area contributed by atoms with Crippen LogP contribution in [0.25, 0.3) is 0 Å². The van der Waals surface area contributed by atoms with E-state index in [1.54, 1.807) is 17.0 Å². The Labute approximate surface area is 236 Å². The predicted molar refractivity (Wildman–Crippen MR) is 155 cm³/mol. The second kappa shape index (κ2) is 13.3. The van der Waals surface area contributed by atoms with Crippen molar-refractivity contribution in [3.05, 3.63) is 138 Å². The predicted octanol–water partition coefficient (Wildman–Crippen LogP) is 1.11. The monoisotopic (exact) mass is 556 g/mol. The maximum absolute atomic E-state index is 14.0. The van der Waals surface area contributed by atoms with E-state index in [4.69, 9.17) is 4.74 Å². The van der Waals surface area contributed by atoms with Gasteiger partial charge in [-0.05, 0) is 48.5 Å². The first kappa shape index (κ1) is 28.3. The molecule has 4 aromatic rings. The highest BCUT2D eigenvalue weighted by atomic mass is 35.5. The number of halogens is 1. The van der Waals surface area contributed by atoms with Crippen molar-refractivity contribution >= 4 is 35.0 Å². The first-order valence-corrected chi connectivity index (χ1v) is 14.6. The van der Waals surface area contributed by atoms with E-state index < -0.39 is 7.26 Å². The molecule has 0 aliphatic carbocycles. The largest absolute Gasteiger partial charge is 1.00 e. The molecule has 1 N–H and O–H groups in total. The fraction of sp³-hybridized carbons (Fsp3) is 0.125. The van der Waals surface area contributed by atoms with Crippen LogP contribution < -0.4 is 33.6 Å². The molecule has 7 heteroatoms. The number of rotatable bonds is 7. The summed E-state index contributed by atoms with van der Waals surface area (Å²) in [5.74, 6) is 1.52. The Morgan fingerprint density at radius 2 is 1.08 bits per heavy atom. The molecule has 1 fully saturated rings. The molecule has 0 aromatic heterocycles. The third kappa shape index (κ3) is 6.29. The fourth-order valence-electron chi connectivity index (χ4n) is 4.72. The van der Waals surface area contributed by atoms with Crippen molar-refractivity contribution in [2.24, 2.45) is 0 Å². The Hall–Kier alpha value is -3.76. The lowest BCUT2D eigenvalue weighted by Crippen LogP contribution is -3.00. The van der Waals surface area contributed by atoms with Crippen LogP contribution in [0.3, 0.4) is 0 Å². The van der Waals surface area contributed by atoms with E-state index in [1.807, 2.05) is 78.6 Å². The molecular formula is C32H30ClN2O3P. The Morgan fingerprint density at radius 3 is 1.51 bits per heavy atom. The number of benzene rings is 4. The number of nitrogens with one attached hydrogen (secondary N) is 1. The summed E-state index contributed by atoms with van der Waals surface area (Å²) in [5.41, 5.74) is 0.780. The van der Waals surface area contributed by atoms with E-state index in [-0.39, 0.29) is 29.9 Å². The van der Waals surface area contributed by atoms with Crippen LogP contribution >= 0.6 is 7.26 Å². The molecular weight excluding hydrogens is 527 g/mol. The molecule has 198 valence electrons. The van der Waals surface area contributed by atoms with Crippen LogP contribution in [0, 0.1) is 0 Å². The van der Waals surface area contributed by atoms with Crippen molar-refractivity contribution in [3.63, 3.8) is 0 Å². The van der Waals surface area contributed by atoms with Gasteiger partial charge in [0, 0.05) is 18.7 Å². The number of carbonyl (C=O) groups excluding carboxylic acids is 2. The third-order valence-electron chi connectivity index (χ3n) is 6.63. The molecule has 4 aromatic carbocycles. The number of amides is 2. The van der Waals surface area contributed by atoms with Crippen molar-refractivity contribution in [1.82, 2.24) is 10.2 Å². The molecule has 5 nitrogen and oxygen atoms in total. The van der Waals surface area contributed by atoms with Gasteiger partial charge in [0.2, 0.25) is 0 Å². The highest BCUT2D eigenvalue weighted by Crippen LogP contribution is 2.57. The lowest BCUT2D eigenvalue weighted by atomic mass is 10.2. The van der Waals surface area contributed by atoms with Crippen LogP contribution in [-0.2, 0) is 9.53 Å². The van der Waals surface area contributed by atoms with Gasteiger partial charge in [0.1, 0.15) is 34.7 Å². The van der Waals surface area contributed by atoms with Crippen molar-refractivity contribution < 1.29 is 26.7 Å². The second-order valence-corrected chi connectivity index (χ2v) is 12.2. The van der Waals surface area contributed by atoms with Gasteiger partial charge < -0.3 is 27.4 Å². The summed E-state index contributed by atoms with van der Waals surface area (Å²) in [7, 11) is -2.52. The molecule has 1 heterocycles. The Bertz CT molecular complexity index is 1300. The molecule has 0 bridgehead atoms. The molecule has 0 atom stereocenters. The summed E-state index contributed by atoms with van der Waals surface area (Å²) in [6, 6.07) is 39.8. The number of ether oxygens (including phenoxy) is 1. The van der Waals surface area contributed by atoms with Gasteiger partial charge in [-0.2, -0.15) is 0 Å². The van der Waals surface area contributed by atoms with E-state index >= 15 is 0 Å². The molecule has 0 spiro atoms. The summed E-state index contributed by atoms with van der Waals surface area (Å²) >= 11 is 0. The van der Waals surface area contributed by atoms with Crippen LogP contribution in [0.2, 0.25) is 0 Å². The minimum Gasteiger partial charge on any atom is -1.00 e. The lowest BCUT2D eigenvalue weighted by molar-refractivity contribution is -0.131.